The Labute approximate surface area is 140 Å². The zero-order valence-electron chi connectivity index (χ0n) is 13.4. The van der Waals surface area contributed by atoms with E-state index in [0.29, 0.717) is 37.2 Å². The van der Waals surface area contributed by atoms with Crippen molar-refractivity contribution in [2.24, 2.45) is 0 Å². The van der Waals surface area contributed by atoms with E-state index in [9.17, 15) is 23.1 Å². The zero-order chi connectivity index (χ0) is 17.5. The number of nitrogens with zero attached hydrogens (tertiary/aromatic N) is 2. The van der Waals surface area contributed by atoms with Gasteiger partial charge in [-0.05, 0) is 49.4 Å². The highest BCUT2D eigenvalue weighted by atomic mass is 32.2. The molecular weight excluding hydrogens is 332 g/mol. The number of aliphatic carboxylic acids is 1. The Kier molecular flexibility index (Phi) is 4.25. The minimum Gasteiger partial charge on any atom is -0.480 e. The fourth-order valence-electron chi connectivity index (χ4n) is 3.45. The lowest BCUT2D eigenvalue weighted by Crippen LogP contribution is -2.48. The molecular formula is C16H20N2O5S. The molecule has 0 spiro atoms. The summed E-state index contributed by atoms with van der Waals surface area (Å²) >= 11 is 0. The molecule has 1 aromatic rings. The highest BCUT2D eigenvalue weighted by Crippen LogP contribution is 2.31. The van der Waals surface area contributed by atoms with E-state index >= 15 is 0 Å². The summed E-state index contributed by atoms with van der Waals surface area (Å²) in [6, 6.07) is 4.12. The van der Waals surface area contributed by atoms with E-state index < -0.39 is 22.0 Å². The number of hydrogen-bond acceptors (Lipinski definition) is 4. The molecule has 1 unspecified atom stereocenters. The summed E-state index contributed by atoms with van der Waals surface area (Å²) in [7, 11) is -3.33. The summed E-state index contributed by atoms with van der Waals surface area (Å²) in [4.78, 5) is 25.5. The Hall–Kier alpha value is -2.09. The predicted octanol–water partition coefficient (Wildman–Crippen LogP) is 1.09. The van der Waals surface area contributed by atoms with Gasteiger partial charge < -0.3 is 10.0 Å². The third-order valence-corrected chi connectivity index (χ3v) is 5.81. The number of carboxylic acid groups (broad SMARTS) is 1. The third kappa shape index (κ3) is 2.98. The standard InChI is InChI=1S/C16H20N2O5S/c1-24(22,23)18-9-7-11-10-12(5-6-13(11)18)15(19)17-8-3-2-4-14(17)16(20)21/h5-6,10,14H,2-4,7-9H2,1H3,(H,20,21). The number of hydrogen-bond donors (Lipinski definition) is 1. The van der Waals surface area contributed by atoms with Gasteiger partial charge in [0.2, 0.25) is 10.0 Å². The van der Waals surface area contributed by atoms with Crippen molar-refractivity contribution in [2.45, 2.75) is 31.7 Å². The van der Waals surface area contributed by atoms with Gasteiger partial charge in [-0.1, -0.05) is 0 Å². The van der Waals surface area contributed by atoms with E-state index in [1.54, 1.807) is 18.2 Å². The summed E-state index contributed by atoms with van der Waals surface area (Å²) in [5.41, 5.74) is 1.81. The van der Waals surface area contributed by atoms with Crippen LogP contribution in [0.15, 0.2) is 18.2 Å². The average molecular weight is 352 g/mol. The average Bonchev–Trinajstić information content (AvgIpc) is 2.97. The molecule has 0 bridgehead atoms. The normalized spacial score (nSPS) is 20.8. The number of likely N-dealkylation sites (tertiary alicyclic amines) is 1. The van der Waals surface area contributed by atoms with E-state index in [1.165, 1.54) is 9.21 Å². The molecule has 2 aliphatic heterocycles. The predicted molar refractivity (Wildman–Crippen MR) is 88.6 cm³/mol. The lowest BCUT2D eigenvalue weighted by Gasteiger charge is -2.33. The summed E-state index contributed by atoms with van der Waals surface area (Å²) in [5, 5.41) is 9.32. The number of carbonyl (C=O) groups is 2. The minimum absolute atomic E-state index is 0.303. The molecule has 1 amide bonds. The maximum Gasteiger partial charge on any atom is 0.326 e. The van der Waals surface area contributed by atoms with Gasteiger partial charge in [0.1, 0.15) is 6.04 Å². The van der Waals surface area contributed by atoms with Crippen LogP contribution in [0.4, 0.5) is 5.69 Å². The van der Waals surface area contributed by atoms with Gasteiger partial charge in [-0.2, -0.15) is 0 Å². The summed E-state index contributed by atoms with van der Waals surface area (Å²) < 4.78 is 24.9. The molecule has 2 heterocycles. The molecule has 7 nitrogen and oxygen atoms in total. The Morgan fingerprint density at radius 1 is 1.21 bits per heavy atom. The van der Waals surface area contributed by atoms with Crippen molar-refractivity contribution in [3.05, 3.63) is 29.3 Å². The monoisotopic (exact) mass is 352 g/mol. The number of piperidine rings is 1. The van der Waals surface area contributed by atoms with Crippen molar-refractivity contribution in [1.29, 1.82) is 0 Å². The van der Waals surface area contributed by atoms with Crippen LogP contribution in [-0.4, -0.2) is 55.7 Å². The second-order valence-corrected chi connectivity index (χ2v) is 8.18. The number of fused-ring (bicyclic) bond motifs is 1. The number of rotatable bonds is 3. The fraction of sp³-hybridized carbons (Fsp3) is 0.500. The summed E-state index contributed by atoms with van der Waals surface area (Å²) in [6.45, 7) is 0.801. The number of anilines is 1. The van der Waals surface area contributed by atoms with Crippen molar-refractivity contribution >= 4 is 27.6 Å². The Morgan fingerprint density at radius 2 is 1.96 bits per heavy atom. The second kappa shape index (κ2) is 6.08. The van der Waals surface area contributed by atoms with Crippen LogP contribution < -0.4 is 4.31 Å². The second-order valence-electron chi connectivity index (χ2n) is 6.28. The third-order valence-electron chi connectivity index (χ3n) is 4.63. The first kappa shape index (κ1) is 16.8. The van der Waals surface area contributed by atoms with E-state index in [0.717, 1.165) is 24.7 Å². The van der Waals surface area contributed by atoms with E-state index in [1.807, 2.05) is 0 Å². The molecule has 0 radical (unpaired) electrons. The molecule has 0 aromatic heterocycles. The molecule has 2 aliphatic rings. The van der Waals surface area contributed by atoms with Crippen LogP contribution in [0, 0.1) is 0 Å². The van der Waals surface area contributed by atoms with E-state index in [-0.39, 0.29) is 5.91 Å². The first-order valence-corrected chi connectivity index (χ1v) is 9.78. The maximum absolute atomic E-state index is 12.7. The molecule has 1 fully saturated rings. The molecule has 3 rings (SSSR count). The summed E-state index contributed by atoms with van der Waals surface area (Å²) in [5.74, 6) is -1.28. The largest absolute Gasteiger partial charge is 0.480 e. The SMILES string of the molecule is CS(=O)(=O)N1CCc2cc(C(=O)N3CCCCC3C(=O)O)ccc21. The highest BCUT2D eigenvalue weighted by Gasteiger charge is 2.33. The zero-order valence-corrected chi connectivity index (χ0v) is 14.3. The van der Waals surface area contributed by atoms with Crippen molar-refractivity contribution < 1.29 is 23.1 Å². The molecule has 130 valence electrons. The number of benzene rings is 1. The van der Waals surface area contributed by atoms with Gasteiger partial charge in [0.15, 0.2) is 0 Å². The van der Waals surface area contributed by atoms with Crippen molar-refractivity contribution in [3.63, 3.8) is 0 Å². The quantitative estimate of drug-likeness (QED) is 0.878. The molecule has 1 atom stereocenters. The van der Waals surface area contributed by atoms with Crippen LogP contribution in [0.3, 0.4) is 0 Å². The number of amides is 1. The van der Waals surface area contributed by atoms with Crippen LogP contribution in [0.5, 0.6) is 0 Å². The maximum atomic E-state index is 12.7. The van der Waals surface area contributed by atoms with E-state index in [4.69, 9.17) is 0 Å². The summed E-state index contributed by atoms with van der Waals surface area (Å²) in [6.07, 6.45) is 3.77. The Bertz CT molecular complexity index is 790. The first-order valence-electron chi connectivity index (χ1n) is 7.93. The fourth-order valence-corrected chi connectivity index (χ4v) is 4.40. The van der Waals surface area contributed by atoms with Gasteiger partial charge in [-0.25, -0.2) is 13.2 Å². The number of sulfonamides is 1. The lowest BCUT2D eigenvalue weighted by molar-refractivity contribution is -0.143. The van der Waals surface area contributed by atoms with Crippen LogP contribution in [0.1, 0.15) is 35.2 Å². The van der Waals surface area contributed by atoms with Gasteiger partial charge in [0.05, 0.1) is 11.9 Å². The first-order chi connectivity index (χ1) is 11.3. The number of carboxylic acids is 1. The topological polar surface area (TPSA) is 95.0 Å². The molecule has 1 N–H and O–H groups in total. The smallest absolute Gasteiger partial charge is 0.326 e. The van der Waals surface area contributed by atoms with Crippen LogP contribution in [0.2, 0.25) is 0 Å². The number of carbonyl (C=O) groups excluding carboxylic acids is 1. The van der Waals surface area contributed by atoms with Gasteiger partial charge in [0, 0.05) is 18.7 Å². The molecule has 8 heteroatoms. The minimum atomic E-state index is -3.33. The van der Waals surface area contributed by atoms with Gasteiger partial charge in [-0.3, -0.25) is 9.10 Å². The Balaban J connectivity index is 1.88. The molecule has 1 saturated heterocycles. The van der Waals surface area contributed by atoms with Crippen molar-refractivity contribution in [3.8, 4) is 0 Å². The van der Waals surface area contributed by atoms with Crippen molar-refractivity contribution in [2.75, 3.05) is 23.7 Å². The molecule has 0 saturated carbocycles. The molecule has 1 aromatic carbocycles. The van der Waals surface area contributed by atoms with Crippen LogP contribution in [0.25, 0.3) is 0 Å². The van der Waals surface area contributed by atoms with Gasteiger partial charge in [-0.15, -0.1) is 0 Å². The Morgan fingerprint density at radius 3 is 2.62 bits per heavy atom. The van der Waals surface area contributed by atoms with Gasteiger partial charge in [0.25, 0.3) is 5.91 Å². The van der Waals surface area contributed by atoms with E-state index in [2.05, 4.69) is 0 Å². The van der Waals surface area contributed by atoms with Crippen LogP contribution >= 0.6 is 0 Å². The van der Waals surface area contributed by atoms with Crippen molar-refractivity contribution in [1.82, 2.24) is 4.90 Å². The molecule has 0 aliphatic carbocycles. The van der Waals surface area contributed by atoms with Gasteiger partial charge >= 0.3 is 5.97 Å². The highest BCUT2D eigenvalue weighted by molar-refractivity contribution is 7.92. The van der Waals surface area contributed by atoms with Crippen LogP contribution in [-0.2, 0) is 21.2 Å². The lowest BCUT2D eigenvalue weighted by atomic mass is 10.00. The molecule has 24 heavy (non-hydrogen) atoms.